The summed E-state index contributed by atoms with van der Waals surface area (Å²) < 4.78 is 1.43. The molecule has 2 aliphatic rings. The predicted molar refractivity (Wildman–Crippen MR) is 85.0 cm³/mol. The Labute approximate surface area is 127 Å². The van der Waals surface area contributed by atoms with Gasteiger partial charge in [-0.05, 0) is 0 Å². The van der Waals surface area contributed by atoms with Gasteiger partial charge in [0.05, 0.1) is 0 Å². The average Bonchev–Trinajstić information content (AvgIpc) is 3.11. The number of fused-ring (bicyclic) bond motifs is 2. The van der Waals surface area contributed by atoms with Crippen LogP contribution in [0.5, 0.6) is 0 Å². The van der Waals surface area contributed by atoms with Gasteiger partial charge in [0.2, 0.25) is 0 Å². The third-order valence-electron chi connectivity index (χ3n) is 4.40. The zero-order valence-electron chi connectivity index (χ0n) is 11.3. The molecule has 2 heteroatoms. The zero-order chi connectivity index (χ0) is 13.5. The van der Waals surface area contributed by atoms with E-state index in [1.807, 2.05) is 0 Å². The third-order valence-corrected chi connectivity index (χ3v) is 12.1. The van der Waals surface area contributed by atoms with E-state index in [1.54, 1.807) is 11.1 Å². The molecule has 0 saturated carbocycles. The van der Waals surface area contributed by atoms with Crippen molar-refractivity contribution in [2.45, 2.75) is 8.45 Å². The van der Waals surface area contributed by atoms with Gasteiger partial charge in [-0.3, -0.25) is 0 Å². The molecule has 2 unspecified atom stereocenters. The molecule has 4 rings (SSSR count). The third kappa shape index (κ3) is 1.93. The molecule has 96 valence electrons. The fraction of sp³-hybridized carbons (Fsp3) is 0.111. The van der Waals surface area contributed by atoms with E-state index in [0.29, 0.717) is 8.45 Å². The summed E-state index contributed by atoms with van der Waals surface area (Å²) in [4.78, 5) is 0. The second kappa shape index (κ2) is 5.00. The normalized spacial score (nSPS) is 21.8. The molecule has 2 atom stereocenters. The first-order valence-corrected chi connectivity index (χ1v) is 12.9. The van der Waals surface area contributed by atoms with E-state index in [4.69, 9.17) is 0 Å². The van der Waals surface area contributed by atoms with Gasteiger partial charge in [-0.15, -0.1) is 0 Å². The van der Waals surface area contributed by atoms with E-state index in [1.165, 1.54) is 11.1 Å². The average molecular weight is 308 g/mol. The molecule has 20 heavy (non-hydrogen) atoms. The second-order valence-corrected chi connectivity index (χ2v) is 12.6. The van der Waals surface area contributed by atoms with Crippen molar-refractivity contribution in [1.29, 1.82) is 0 Å². The summed E-state index contributed by atoms with van der Waals surface area (Å²) in [5.41, 5.74) is 6.00. The van der Waals surface area contributed by atoms with Gasteiger partial charge in [-0.2, -0.15) is 0 Å². The molecular formula is C18H16SiTi. The van der Waals surface area contributed by atoms with Gasteiger partial charge in [0, 0.05) is 0 Å². The van der Waals surface area contributed by atoms with Gasteiger partial charge < -0.3 is 0 Å². The number of hydrogen-bond donors (Lipinski definition) is 0. The maximum absolute atomic E-state index is 2.46. The standard InChI is InChI=1S/2C9H7.H2Si.Ti/c2*1-2-5-9-7-3-6-8(9)4-1;;/h2*1-7H;1H2;. The Morgan fingerprint density at radius 1 is 0.700 bits per heavy atom. The Kier molecular flexibility index (Phi) is 3.14. The molecular weight excluding hydrogens is 292 g/mol. The van der Waals surface area contributed by atoms with E-state index in [0.717, 1.165) is 0 Å². The summed E-state index contributed by atoms with van der Waals surface area (Å²) in [6, 6.07) is 17.8. The minimum atomic E-state index is -1.24. The number of benzene rings is 2. The topological polar surface area (TPSA) is 0 Å². The van der Waals surface area contributed by atoms with Crippen LogP contribution in [-0.2, 0) is 16.6 Å². The molecule has 0 aliphatic heterocycles. The molecule has 0 heterocycles. The van der Waals surface area contributed by atoms with Crippen molar-refractivity contribution in [3.63, 3.8) is 0 Å². The van der Waals surface area contributed by atoms with Gasteiger partial charge >= 0.3 is 128 Å². The van der Waals surface area contributed by atoms with Crippen molar-refractivity contribution >= 4 is 19.8 Å². The monoisotopic (exact) mass is 308 g/mol. The molecule has 2 aliphatic carbocycles. The molecule has 0 radical (unpaired) electrons. The first kappa shape index (κ1) is 12.6. The first-order valence-electron chi connectivity index (χ1n) is 7.07. The van der Waals surface area contributed by atoms with Crippen LogP contribution in [0.2, 0.25) is 0 Å². The van der Waals surface area contributed by atoms with Crippen LogP contribution >= 0.6 is 0 Å². The molecule has 0 spiro atoms. The number of hydrogen-bond acceptors (Lipinski definition) is 0. The van der Waals surface area contributed by atoms with Gasteiger partial charge in [0.15, 0.2) is 0 Å². The van der Waals surface area contributed by atoms with Crippen molar-refractivity contribution < 1.29 is 16.6 Å². The summed E-state index contributed by atoms with van der Waals surface area (Å²) in [7, 11) is 2.31. The summed E-state index contributed by atoms with van der Waals surface area (Å²) in [6.45, 7) is 0. The summed E-state index contributed by atoms with van der Waals surface area (Å²) in [5, 5.41) is 0. The van der Waals surface area contributed by atoms with Crippen molar-refractivity contribution in [2.24, 2.45) is 0 Å². The number of allylic oxidation sites excluding steroid dienone is 2. The van der Waals surface area contributed by atoms with Crippen LogP contribution in [0.4, 0.5) is 0 Å². The van der Waals surface area contributed by atoms with E-state index >= 15 is 0 Å². The maximum atomic E-state index is 2.46. The molecule has 0 amide bonds. The summed E-state index contributed by atoms with van der Waals surface area (Å²) >= 11 is -1.24. The van der Waals surface area contributed by atoms with Crippen LogP contribution in [0.15, 0.2) is 60.7 Å². The van der Waals surface area contributed by atoms with E-state index < -0.39 is 16.6 Å². The van der Waals surface area contributed by atoms with Crippen LogP contribution < -0.4 is 0 Å². The molecule has 0 saturated heterocycles. The second-order valence-electron chi connectivity index (χ2n) is 5.51. The van der Waals surface area contributed by atoms with Crippen LogP contribution in [0, 0.1) is 0 Å². The minimum absolute atomic E-state index is 0.713. The van der Waals surface area contributed by atoms with Gasteiger partial charge in [-0.1, -0.05) is 0 Å². The van der Waals surface area contributed by atoms with E-state index in [9.17, 15) is 0 Å². The molecule has 0 fully saturated rings. The van der Waals surface area contributed by atoms with Gasteiger partial charge in [0.1, 0.15) is 0 Å². The van der Waals surface area contributed by atoms with Crippen molar-refractivity contribution in [2.75, 3.05) is 0 Å². The van der Waals surface area contributed by atoms with Crippen LogP contribution in [0.25, 0.3) is 12.2 Å². The fourth-order valence-corrected chi connectivity index (χ4v) is 10.0. The quantitative estimate of drug-likeness (QED) is 0.742. The van der Waals surface area contributed by atoms with Crippen LogP contribution in [0.1, 0.15) is 30.7 Å². The molecule has 0 aromatic heterocycles. The van der Waals surface area contributed by atoms with Gasteiger partial charge in [0.25, 0.3) is 0 Å². The molecule has 2 aromatic rings. The summed E-state index contributed by atoms with van der Waals surface area (Å²) in [6.07, 6.45) is 9.57. The first-order chi connectivity index (χ1) is 9.84. The van der Waals surface area contributed by atoms with Crippen LogP contribution in [-0.4, -0.2) is 7.63 Å². The Balaban J connectivity index is 1.71. The molecule has 0 N–H and O–H groups in total. The zero-order valence-corrected chi connectivity index (χ0v) is 14.3. The Morgan fingerprint density at radius 2 is 1.15 bits per heavy atom. The van der Waals surface area contributed by atoms with Crippen molar-refractivity contribution in [1.82, 2.24) is 0 Å². The van der Waals surface area contributed by atoms with Crippen molar-refractivity contribution in [3.05, 3.63) is 82.9 Å². The van der Waals surface area contributed by atoms with E-state index in [-0.39, 0.29) is 0 Å². The Hall–Kier alpha value is -1.15. The Bertz CT molecular complexity index is 694. The summed E-state index contributed by atoms with van der Waals surface area (Å²) in [5.74, 6) is 0. The van der Waals surface area contributed by atoms with Crippen molar-refractivity contribution in [3.8, 4) is 0 Å². The molecule has 0 bridgehead atoms. The predicted octanol–water partition coefficient (Wildman–Crippen LogP) is 3.69. The van der Waals surface area contributed by atoms with Gasteiger partial charge in [-0.25, -0.2) is 0 Å². The van der Waals surface area contributed by atoms with Crippen LogP contribution in [0.3, 0.4) is 0 Å². The SMILES string of the molecule is [SiH2]=[Ti]([CH]1C=Cc2ccccc21)[CH]1C=Cc2ccccc21. The number of rotatable bonds is 2. The van der Waals surface area contributed by atoms with E-state index in [2.05, 4.69) is 80.5 Å². The Morgan fingerprint density at radius 3 is 1.65 bits per heavy atom. The molecule has 2 aromatic carbocycles. The fourth-order valence-electron chi connectivity index (χ4n) is 3.34. The molecule has 0 nitrogen and oxygen atoms in total.